The van der Waals surface area contributed by atoms with Gasteiger partial charge in [-0.15, -0.1) is 0 Å². The predicted octanol–water partition coefficient (Wildman–Crippen LogP) is 2.00. The van der Waals surface area contributed by atoms with Gasteiger partial charge in [0.05, 0.1) is 12.0 Å². The minimum Gasteiger partial charge on any atom is -0.481 e. The average Bonchev–Trinajstić information content (AvgIpc) is 2.89. The fourth-order valence-electron chi connectivity index (χ4n) is 2.48. The van der Waals surface area contributed by atoms with Crippen molar-refractivity contribution in [3.8, 4) is 0 Å². The second kappa shape index (κ2) is 6.17. The SMILES string of the molecule is COC(C)Cc1ccc(C2CC(C(=O)O)CN2)cc1. The van der Waals surface area contributed by atoms with E-state index in [4.69, 9.17) is 9.84 Å². The lowest BCUT2D eigenvalue weighted by Gasteiger charge is -2.13. The molecular weight excluding hydrogens is 242 g/mol. The Labute approximate surface area is 113 Å². The van der Waals surface area contributed by atoms with Gasteiger partial charge in [-0.05, 0) is 30.9 Å². The fourth-order valence-corrected chi connectivity index (χ4v) is 2.48. The van der Waals surface area contributed by atoms with Crippen LogP contribution in [0, 0.1) is 5.92 Å². The molecule has 2 rings (SSSR count). The van der Waals surface area contributed by atoms with Gasteiger partial charge in [0.25, 0.3) is 0 Å². The maximum atomic E-state index is 10.9. The molecule has 1 heterocycles. The van der Waals surface area contributed by atoms with E-state index in [1.165, 1.54) is 5.56 Å². The van der Waals surface area contributed by atoms with Crippen LogP contribution in [0.25, 0.3) is 0 Å². The molecule has 3 atom stereocenters. The van der Waals surface area contributed by atoms with Crippen molar-refractivity contribution in [1.82, 2.24) is 5.32 Å². The summed E-state index contributed by atoms with van der Waals surface area (Å²) < 4.78 is 5.25. The summed E-state index contributed by atoms with van der Waals surface area (Å²) in [7, 11) is 1.72. The third kappa shape index (κ3) is 3.55. The van der Waals surface area contributed by atoms with Crippen LogP contribution < -0.4 is 5.32 Å². The zero-order valence-corrected chi connectivity index (χ0v) is 11.4. The quantitative estimate of drug-likeness (QED) is 0.853. The number of ether oxygens (including phenoxy) is 1. The molecule has 0 amide bonds. The van der Waals surface area contributed by atoms with Crippen molar-refractivity contribution in [2.75, 3.05) is 13.7 Å². The molecule has 3 unspecified atom stereocenters. The smallest absolute Gasteiger partial charge is 0.307 e. The number of methoxy groups -OCH3 is 1. The molecular formula is C15H21NO3. The van der Waals surface area contributed by atoms with Gasteiger partial charge in [-0.25, -0.2) is 0 Å². The van der Waals surface area contributed by atoms with E-state index in [0.717, 1.165) is 12.0 Å². The van der Waals surface area contributed by atoms with Crippen molar-refractivity contribution in [3.63, 3.8) is 0 Å². The number of nitrogens with one attached hydrogen (secondary N) is 1. The van der Waals surface area contributed by atoms with Crippen molar-refractivity contribution in [2.45, 2.75) is 31.9 Å². The molecule has 104 valence electrons. The highest BCUT2D eigenvalue weighted by Gasteiger charge is 2.29. The molecule has 1 fully saturated rings. The van der Waals surface area contributed by atoms with Crippen LogP contribution in [-0.2, 0) is 16.0 Å². The van der Waals surface area contributed by atoms with Crippen LogP contribution in [0.3, 0.4) is 0 Å². The number of benzene rings is 1. The Morgan fingerprint density at radius 3 is 2.68 bits per heavy atom. The summed E-state index contributed by atoms with van der Waals surface area (Å²) in [5.74, 6) is -0.973. The standard InChI is InChI=1S/C15H21NO3/c1-10(19-2)7-11-3-5-12(6-4-11)14-8-13(9-16-14)15(17)18/h3-6,10,13-14,16H,7-9H2,1-2H3,(H,17,18). The zero-order valence-electron chi connectivity index (χ0n) is 11.4. The van der Waals surface area contributed by atoms with Crippen LogP contribution >= 0.6 is 0 Å². The summed E-state index contributed by atoms with van der Waals surface area (Å²) in [5.41, 5.74) is 2.41. The van der Waals surface area contributed by atoms with E-state index < -0.39 is 5.97 Å². The number of aliphatic carboxylic acids is 1. The van der Waals surface area contributed by atoms with Crippen molar-refractivity contribution in [2.24, 2.45) is 5.92 Å². The first-order valence-corrected chi connectivity index (χ1v) is 6.68. The minimum atomic E-state index is -0.708. The van der Waals surface area contributed by atoms with Crippen LogP contribution in [-0.4, -0.2) is 30.8 Å². The predicted molar refractivity (Wildman–Crippen MR) is 73.1 cm³/mol. The van der Waals surface area contributed by atoms with Crippen LogP contribution in [0.5, 0.6) is 0 Å². The number of carboxylic acid groups (broad SMARTS) is 1. The van der Waals surface area contributed by atoms with Gasteiger partial charge < -0.3 is 15.2 Å². The topological polar surface area (TPSA) is 58.6 Å². The highest BCUT2D eigenvalue weighted by Crippen LogP contribution is 2.27. The van der Waals surface area contributed by atoms with E-state index in [1.807, 2.05) is 6.92 Å². The molecule has 19 heavy (non-hydrogen) atoms. The van der Waals surface area contributed by atoms with Crippen molar-refractivity contribution in [3.05, 3.63) is 35.4 Å². The van der Waals surface area contributed by atoms with Crippen LogP contribution in [0.2, 0.25) is 0 Å². The number of carbonyl (C=O) groups is 1. The largest absolute Gasteiger partial charge is 0.481 e. The number of hydrogen-bond acceptors (Lipinski definition) is 3. The van der Waals surface area contributed by atoms with Gasteiger partial charge in [0.15, 0.2) is 0 Å². The highest BCUT2D eigenvalue weighted by molar-refractivity contribution is 5.70. The summed E-state index contributed by atoms with van der Waals surface area (Å²) >= 11 is 0. The van der Waals surface area contributed by atoms with Gasteiger partial charge in [0.1, 0.15) is 0 Å². The molecule has 1 aliphatic rings. The molecule has 1 aromatic rings. The van der Waals surface area contributed by atoms with Crippen molar-refractivity contribution >= 4 is 5.97 Å². The molecule has 4 heteroatoms. The Hall–Kier alpha value is -1.39. The third-order valence-electron chi connectivity index (χ3n) is 3.79. The average molecular weight is 263 g/mol. The van der Waals surface area contributed by atoms with E-state index in [0.29, 0.717) is 13.0 Å². The second-order valence-electron chi connectivity index (χ2n) is 5.22. The van der Waals surface area contributed by atoms with Crippen molar-refractivity contribution in [1.29, 1.82) is 0 Å². The summed E-state index contributed by atoms with van der Waals surface area (Å²) in [4.78, 5) is 10.9. The lowest BCUT2D eigenvalue weighted by molar-refractivity contribution is -0.141. The Balaban J connectivity index is 1.97. The molecule has 1 aromatic carbocycles. The summed E-state index contributed by atoms with van der Waals surface area (Å²) in [5, 5.41) is 12.3. The molecule has 2 N–H and O–H groups in total. The number of hydrogen-bond donors (Lipinski definition) is 2. The van der Waals surface area contributed by atoms with Gasteiger partial charge in [-0.2, -0.15) is 0 Å². The Morgan fingerprint density at radius 2 is 2.16 bits per heavy atom. The van der Waals surface area contributed by atoms with Gasteiger partial charge in [-0.3, -0.25) is 4.79 Å². The number of rotatable bonds is 5. The minimum absolute atomic E-state index is 0.162. The molecule has 0 bridgehead atoms. The Kier molecular flexibility index (Phi) is 4.56. The maximum absolute atomic E-state index is 10.9. The van der Waals surface area contributed by atoms with Gasteiger partial charge in [0.2, 0.25) is 0 Å². The maximum Gasteiger partial charge on any atom is 0.307 e. The van der Waals surface area contributed by atoms with E-state index >= 15 is 0 Å². The van der Waals surface area contributed by atoms with Gasteiger partial charge in [0, 0.05) is 19.7 Å². The number of carboxylic acids is 1. The lowest BCUT2D eigenvalue weighted by Crippen LogP contribution is -2.17. The monoisotopic (exact) mass is 263 g/mol. The van der Waals surface area contributed by atoms with Crippen LogP contribution in [0.4, 0.5) is 0 Å². The van der Waals surface area contributed by atoms with E-state index in [2.05, 4.69) is 29.6 Å². The molecule has 0 saturated carbocycles. The fraction of sp³-hybridized carbons (Fsp3) is 0.533. The Morgan fingerprint density at radius 1 is 1.47 bits per heavy atom. The van der Waals surface area contributed by atoms with Crippen LogP contribution in [0.1, 0.15) is 30.5 Å². The van der Waals surface area contributed by atoms with E-state index in [9.17, 15) is 4.79 Å². The highest BCUT2D eigenvalue weighted by atomic mass is 16.5. The molecule has 0 radical (unpaired) electrons. The first-order chi connectivity index (χ1) is 9.10. The first-order valence-electron chi connectivity index (χ1n) is 6.68. The normalized spacial score (nSPS) is 24.3. The van der Waals surface area contributed by atoms with Crippen molar-refractivity contribution < 1.29 is 14.6 Å². The zero-order chi connectivity index (χ0) is 13.8. The summed E-state index contributed by atoms with van der Waals surface area (Å²) in [6.07, 6.45) is 1.78. The van der Waals surface area contributed by atoms with Crippen LogP contribution in [0.15, 0.2) is 24.3 Å². The molecule has 4 nitrogen and oxygen atoms in total. The third-order valence-corrected chi connectivity index (χ3v) is 3.79. The second-order valence-corrected chi connectivity index (χ2v) is 5.22. The molecule has 0 spiro atoms. The van der Waals surface area contributed by atoms with Gasteiger partial charge in [-0.1, -0.05) is 24.3 Å². The first kappa shape index (κ1) is 14.0. The Bertz CT molecular complexity index is 430. The van der Waals surface area contributed by atoms with E-state index in [1.54, 1.807) is 7.11 Å². The summed E-state index contributed by atoms with van der Waals surface area (Å²) in [6, 6.07) is 8.52. The van der Waals surface area contributed by atoms with Gasteiger partial charge >= 0.3 is 5.97 Å². The molecule has 1 aliphatic heterocycles. The lowest BCUT2D eigenvalue weighted by atomic mass is 9.98. The summed E-state index contributed by atoms with van der Waals surface area (Å²) in [6.45, 7) is 2.60. The molecule has 0 aromatic heterocycles. The van der Waals surface area contributed by atoms with E-state index in [-0.39, 0.29) is 18.1 Å². The molecule has 0 aliphatic carbocycles. The molecule has 1 saturated heterocycles.